The minimum atomic E-state index is -1.17. The maximum atomic E-state index is 13.0. The molecule has 0 heterocycles. The molecule has 0 fully saturated rings. The maximum Gasteiger partial charge on any atom is 0.166 e. The van der Waals surface area contributed by atoms with Crippen LogP contribution in [0.4, 0.5) is 4.39 Å². The van der Waals surface area contributed by atoms with Gasteiger partial charge in [-0.2, -0.15) is 5.26 Å². The molecule has 0 saturated carbocycles. The third-order valence-electron chi connectivity index (χ3n) is 1.70. The van der Waals surface area contributed by atoms with Crippen molar-refractivity contribution < 1.29 is 14.6 Å². The first-order chi connectivity index (χ1) is 6.56. The molecular formula is C9H7BrFNO2. The van der Waals surface area contributed by atoms with E-state index < -0.39 is 17.7 Å². The number of benzene rings is 1. The summed E-state index contributed by atoms with van der Waals surface area (Å²) in [6.07, 6.45) is -1.37. The van der Waals surface area contributed by atoms with E-state index in [2.05, 4.69) is 15.9 Å². The van der Waals surface area contributed by atoms with Crippen molar-refractivity contribution in [2.45, 2.75) is 12.5 Å². The van der Waals surface area contributed by atoms with Gasteiger partial charge in [-0.05, 0) is 12.1 Å². The molecule has 14 heavy (non-hydrogen) atoms. The van der Waals surface area contributed by atoms with Crippen molar-refractivity contribution in [2.24, 2.45) is 0 Å². The molecule has 0 radical (unpaired) electrons. The van der Waals surface area contributed by atoms with E-state index in [0.29, 0.717) is 4.47 Å². The topological polar surface area (TPSA) is 64.2 Å². The summed E-state index contributed by atoms with van der Waals surface area (Å²) < 4.78 is 13.4. The molecule has 1 unspecified atom stereocenters. The van der Waals surface area contributed by atoms with Crippen LogP contribution in [0.15, 0.2) is 16.6 Å². The van der Waals surface area contributed by atoms with Gasteiger partial charge >= 0.3 is 0 Å². The standard InChI is InChI=1S/C9H7BrFNO2/c10-5-3-6(8(13)1-2-12)9(14)7(11)4-5/h3-4,8,13-14H,1H2. The summed E-state index contributed by atoms with van der Waals surface area (Å²) in [7, 11) is 0. The normalized spacial score (nSPS) is 12.1. The van der Waals surface area contributed by atoms with E-state index in [9.17, 15) is 14.6 Å². The third-order valence-corrected chi connectivity index (χ3v) is 2.16. The summed E-state index contributed by atoms with van der Waals surface area (Å²) in [5, 5.41) is 27.0. The van der Waals surface area contributed by atoms with E-state index in [4.69, 9.17) is 5.26 Å². The molecule has 1 rings (SSSR count). The first kappa shape index (κ1) is 11.0. The Morgan fingerprint density at radius 1 is 1.57 bits per heavy atom. The molecule has 0 bridgehead atoms. The Labute approximate surface area is 88.5 Å². The highest BCUT2D eigenvalue weighted by Crippen LogP contribution is 2.31. The Bertz CT molecular complexity index is 389. The fourth-order valence-electron chi connectivity index (χ4n) is 1.04. The van der Waals surface area contributed by atoms with E-state index in [0.717, 1.165) is 6.07 Å². The largest absolute Gasteiger partial charge is 0.505 e. The predicted octanol–water partition coefficient (Wildman–Crippen LogP) is 2.24. The molecule has 0 aliphatic rings. The summed E-state index contributed by atoms with van der Waals surface area (Å²) in [6, 6.07) is 4.19. The van der Waals surface area contributed by atoms with E-state index in [1.54, 1.807) is 6.07 Å². The molecule has 5 heteroatoms. The van der Waals surface area contributed by atoms with E-state index >= 15 is 0 Å². The van der Waals surface area contributed by atoms with Crippen LogP contribution in [0.25, 0.3) is 0 Å². The number of halogens is 2. The number of phenols is 1. The summed E-state index contributed by atoms with van der Waals surface area (Å²) in [5.74, 6) is -1.44. The second-order valence-electron chi connectivity index (χ2n) is 2.70. The number of nitrogens with zero attached hydrogens (tertiary/aromatic N) is 1. The van der Waals surface area contributed by atoms with E-state index in [1.165, 1.54) is 6.07 Å². The number of phenolic OH excluding ortho intramolecular Hbond substituents is 1. The average molecular weight is 260 g/mol. The molecule has 3 nitrogen and oxygen atoms in total. The molecule has 1 aromatic carbocycles. The summed E-state index contributed by atoms with van der Waals surface area (Å²) in [6.45, 7) is 0. The fraction of sp³-hybridized carbons (Fsp3) is 0.222. The highest BCUT2D eigenvalue weighted by Gasteiger charge is 2.16. The van der Waals surface area contributed by atoms with Crippen molar-refractivity contribution in [3.05, 3.63) is 28.0 Å². The van der Waals surface area contributed by atoms with Gasteiger partial charge in [-0.25, -0.2) is 4.39 Å². The maximum absolute atomic E-state index is 13.0. The monoisotopic (exact) mass is 259 g/mol. The zero-order chi connectivity index (χ0) is 10.7. The Morgan fingerprint density at radius 2 is 2.21 bits per heavy atom. The second kappa shape index (κ2) is 4.40. The number of aromatic hydroxyl groups is 1. The molecule has 0 spiro atoms. The summed E-state index contributed by atoms with van der Waals surface area (Å²) in [5.41, 5.74) is 0.0124. The Kier molecular flexibility index (Phi) is 3.44. The van der Waals surface area contributed by atoms with Gasteiger partial charge in [-0.15, -0.1) is 0 Å². The number of hydrogen-bond acceptors (Lipinski definition) is 3. The van der Waals surface area contributed by atoms with Gasteiger partial charge < -0.3 is 10.2 Å². The van der Waals surface area contributed by atoms with Crippen LogP contribution in [0.2, 0.25) is 0 Å². The lowest BCUT2D eigenvalue weighted by Crippen LogP contribution is -1.98. The molecule has 0 aliphatic carbocycles. The Hall–Kier alpha value is -1.12. The molecule has 0 aromatic heterocycles. The van der Waals surface area contributed by atoms with Crippen molar-refractivity contribution >= 4 is 15.9 Å². The predicted molar refractivity (Wildman–Crippen MR) is 51.0 cm³/mol. The minimum absolute atomic E-state index is 0.0124. The fourth-order valence-corrected chi connectivity index (χ4v) is 1.48. The molecular weight excluding hydrogens is 253 g/mol. The van der Waals surface area contributed by atoms with Gasteiger partial charge in [0.15, 0.2) is 11.6 Å². The van der Waals surface area contributed by atoms with Gasteiger partial charge in [0.2, 0.25) is 0 Å². The highest BCUT2D eigenvalue weighted by atomic mass is 79.9. The van der Waals surface area contributed by atoms with E-state index in [1.807, 2.05) is 0 Å². The van der Waals surface area contributed by atoms with Gasteiger partial charge in [0.05, 0.1) is 18.6 Å². The average Bonchev–Trinajstić information content (AvgIpc) is 2.11. The molecule has 1 aromatic rings. The third kappa shape index (κ3) is 2.22. The first-order valence-corrected chi connectivity index (χ1v) is 4.58. The lowest BCUT2D eigenvalue weighted by atomic mass is 10.1. The minimum Gasteiger partial charge on any atom is -0.505 e. The molecule has 0 amide bonds. The lowest BCUT2D eigenvalue weighted by molar-refractivity contribution is 0.178. The molecule has 0 saturated heterocycles. The van der Waals surface area contributed by atoms with Crippen LogP contribution in [-0.2, 0) is 0 Å². The van der Waals surface area contributed by atoms with Crippen LogP contribution in [0.5, 0.6) is 5.75 Å². The van der Waals surface area contributed by atoms with Crippen molar-refractivity contribution in [3.63, 3.8) is 0 Å². The van der Waals surface area contributed by atoms with Crippen molar-refractivity contribution in [1.82, 2.24) is 0 Å². The number of aliphatic hydroxyl groups is 1. The van der Waals surface area contributed by atoms with Crippen molar-refractivity contribution in [3.8, 4) is 11.8 Å². The van der Waals surface area contributed by atoms with Crippen molar-refractivity contribution in [2.75, 3.05) is 0 Å². The second-order valence-corrected chi connectivity index (χ2v) is 3.62. The van der Waals surface area contributed by atoms with Gasteiger partial charge in [-0.3, -0.25) is 0 Å². The molecule has 0 aliphatic heterocycles. The van der Waals surface area contributed by atoms with Gasteiger partial charge in [0.25, 0.3) is 0 Å². The van der Waals surface area contributed by atoms with Crippen molar-refractivity contribution in [1.29, 1.82) is 5.26 Å². The number of hydrogen-bond donors (Lipinski definition) is 2. The highest BCUT2D eigenvalue weighted by molar-refractivity contribution is 9.10. The number of nitriles is 1. The van der Waals surface area contributed by atoms with Gasteiger partial charge in [0, 0.05) is 10.0 Å². The number of aliphatic hydroxyl groups excluding tert-OH is 1. The first-order valence-electron chi connectivity index (χ1n) is 3.79. The Morgan fingerprint density at radius 3 is 2.79 bits per heavy atom. The van der Waals surface area contributed by atoms with E-state index in [-0.39, 0.29) is 12.0 Å². The van der Waals surface area contributed by atoms with Crippen LogP contribution in [0.1, 0.15) is 18.1 Å². The number of rotatable bonds is 2. The lowest BCUT2D eigenvalue weighted by Gasteiger charge is -2.10. The molecule has 1 atom stereocenters. The molecule has 74 valence electrons. The van der Waals surface area contributed by atoms with Crippen LogP contribution in [0.3, 0.4) is 0 Å². The Balaban J connectivity index is 3.14. The summed E-state index contributed by atoms with van der Waals surface area (Å²) >= 11 is 3.02. The summed E-state index contributed by atoms with van der Waals surface area (Å²) in [4.78, 5) is 0. The van der Waals surface area contributed by atoms with Crippen LogP contribution in [0, 0.1) is 17.1 Å². The SMILES string of the molecule is N#CCC(O)c1cc(Br)cc(F)c1O. The van der Waals surface area contributed by atoms with Crippen LogP contribution < -0.4 is 0 Å². The quantitative estimate of drug-likeness (QED) is 0.857. The van der Waals surface area contributed by atoms with Crippen LogP contribution >= 0.6 is 15.9 Å². The van der Waals surface area contributed by atoms with Crippen LogP contribution in [-0.4, -0.2) is 10.2 Å². The zero-order valence-corrected chi connectivity index (χ0v) is 8.62. The smallest absolute Gasteiger partial charge is 0.166 e. The van der Waals surface area contributed by atoms with Gasteiger partial charge in [-0.1, -0.05) is 15.9 Å². The zero-order valence-electron chi connectivity index (χ0n) is 7.04. The van der Waals surface area contributed by atoms with Gasteiger partial charge in [0.1, 0.15) is 0 Å². The molecule has 2 N–H and O–H groups in total.